The lowest BCUT2D eigenvalue weighted by Crippen LogP contribution is -2.64. The first-order valence-electron chi connectivity index (χ1n) is 25.3. The van der Waals surface area contributed by atoms with Gasteiger partial charge < -0.3 is 50.1 Å². The van der Waals surface area contributed by atoms with Crippen molar-refractivity contribution in [2.75, 3.05) is 13.2 Å². The second-order valence-electron chi connectivity index (χ2n) is 17.3. The molecule has 1 fully saturated rings. The molecule has 16 heteroatoms. The standard InChI is InChI=1S/C53H87O15P/c1-3-5-7-8-9-10-11-12-13-14-15-16-17-18-19-20-24-27-33-39-46(56)65-41-45(42-66-69(63,64)68-53-51(61)49(59)48(58)50(60)52(53)62)67-47(57)40-34-28-32-38-44(55)37-31-26-23-21-22-25-30-36-43(54)35-29-6-4-2/h6,9-10,12-13,22-23,25-26,29-32,36-38,43-45,48-55,58-62H,3-5,7-8,11,14-21,24,27-28,33-35,39-42H2,1-2H3,(H,63,64)/b10-9-,13-12-,25-22-,26-23-,29-6-,36-30+,37-31+,38-32-/t43-,44-,45+,48?,49-,50+,51+,52+,53?/m0/s1. The largest absolute Gasteiger partial charge is 0.472 e. The third-order valence-corrected chi connectivity index (χ3v) is 12.1. The van der Waals surface area contributed by atoms with Gasteiger partial charge in [-0.3, -0.25) is 18.6 Å². The molecule has 3 unspecified atom stereocenters. The van der Waals surface area contributed by atoms with E-state index in [9.17, 15) is 54.8 Å². The Morgan fingerprint density at radius 3 is 1.71 bits per heavy atom. The van der Waals surface area contributed by atoms with Gasteiger partial charge in [0.2, 0.25) is 0 Å². The fourth-order valence-corrected chi connectivity index (χ4v) is 7.97. The Morgan fingerprint density at radius 2 is 1.09 bits per heavy atom. The number of carbonyl (C=O) groups excluding carboxylic acids is 2. The molecule has 1 saturated carbocycles. The van der Waals surface area contributed by atoms with Crippen LogP contribution in [0.25, 0.3) is 0 Å². The van der Waals surface area contributed by atoms with Gasteiger partial charge in [-0.05, 0) is 70.6 Å². The Labute approximate surface area is 412 Å². The molecule has 0 bridgehead atoms. The van der Waals surface area contributed by atoms with Crippen LogP contribution in [0.5, 0.6) is 0 Å². The van der Waals surface area contributed by atoms with Crippen molar-refractivity contribution in [3.63, 3.8) is 0 Å². The number of esters is 2. The van der Waals surface area contributed by atoms with Gasteiger partial charge in [0.25, 0.3) is 0 Å². The maximum Gasteiger partial charge on any atom is 0.472 e. The van der Waals surface area contributed by atoms with Gasteiger partial charge in [0.05, 0.1) is 18.8 Å². The number of ether oxygens (including phenoxy) is 2. The topological polar surface area (TPSA) is 250 Å². The Hall–Kier alpha value is -3.31. The zero-order valence-corrected chi connectivity index (χ0v) is 42.2. The van der Waals surface area contributed by atoms with E-state index in [2.05, 4.69) is 31.2 Å². The van der Waals surface area contributed by atoms with E-state index in [1.54, 1.807) is 42.5 Å². The first-order valence-corrected chi connectivity index (χ1v) is 26.8. The molecule has 0 aliphatic heterocycles. The molecule has 1 rings (SSSR count). The molecule has 69 heavy (non-hydrogen) atoms. The second kappa shape index (κ2) is 41.3. The lowest BCUT2D eigenvalue weighted by atomic mass is 9.85. The molecule has 1 aliphatic rings. The molecule has 10 atom stereocenters. The molecule has 0 saturated heterocycles. The number of hydrogen-bond donors (Lipinski definition) is 8. The summed E-state index contributed by atoms with van der Waals surface area (Å²) in [5, 5.41) is 70.3. The normalized spacial score (nSPS) is 22.6. The van der Waals surface area contributed by atoms with Gasteiger partial charge in [0.1, 0.15) is 43.2 Å². The highest BCUT2D eigenvalue weighted by Gasteiger charge is 2.51. The second-order valence-corrected chi connectivity index (χ2v) is 18.7. The summed E-state index contributed by atoms with van der Waals surface area (Å²) in [4.78, 5) is 35.8. The van der Waals surface area contributed by atoms with Gasteiger partial charge in [0, 0.05) is 12.8 Å². The average molecular weight is 995 g/mol. The molecular formula is C53H87O15P. The van der Waals surface area contributed by atoms with Crippen molar-refractivity contribution in [2.24, 2.45) is 0 Å². The minimum Gasteiger partial charge on any atom is -0.462 e. The molecular weight excluding hydrogens is 908 g/mol. The summed E-state index contributed by atoms with van der Waals surface area (Å²) < 4.78 is 33.5. The smallest absolute Gasteiger partial charge is 0.462 e. The maximum atomic E-state index is 12.9. The van der Waals surface area contributed by atoms with Gasteiger partial charge in [-0.2, -0.15) is 0 Å². The zero-order chi connectivity index (χ0) is 51.0. The SMILES string of the molecule is CC/C=C\C[C@H](O)/C=C/C=C\C/C=C\C=C\[C@H](O)/C=C\CCCC(=O)O[C@H](COC(=O)CCCCCCCCCCC/C=C\C/C=C\CCCCC)COP(=O)(O)OC1[C@H](O)[C@H](O)C(O)[C@H](O)[C@H]1O. The predicted molar refractivity (Wildman–Crippen MR) is 270 cm³/mol. The van der Waals surface area contributed by atoms with Gasteiger partial charge in [0.15, 0.2) is 6.10 Å². The first kappa shape index (κ1) is 63.7. The van der Waals surface area contributed by atoms with E-state index in [1.165, 1.54) is 51.4 Å². The summed E-state index contributed by atoms with van der Waals surface area (Å²) in [5.74, 6) is -1.30. The van der Waals surface area contributed by atoms with E-state index in [0.29, 0.717) is 32.1 Å². The van der Waals surface area contributed by atoms with E-state index in [1.807, 2.05) is 37.3 Å². The minimum atomic E-state index is -5.19. The molecule has 1 aliphatic carbocycles. The van der Waals surface area contributed by atoms with Crippen LogP contribution in [-0.4, -0.2) is 121 Å². The Morgan fingerprint density at radius 1 is 0.551 bits per heavy atom. The number of carbonyl (C=O) groups is 2. The molecule has 0 heterocycles. The van der Waals surface area contributed by atoms with Crippen molar-refractivity contribution in [2.45, 2.75) is 210 Å². The highest BCUT2D eigenvalue weighted by molar-refractivity contribution is 7.47. The zero-order valence-electron chi connectivity index (χ0n) is 41.3. The van der Waals surface area contributed by atoms with Crippen molar-refractivity contribution in [1.82, 2.24) is 0 Å². The molecule has 0 spiro atoms. The Kier molecular flexibility index (Phi) is 38.2. The van der Waals surface area contributed by atoms with Crippen molar-refractivity contribution in [3.05, 3.63) is 97.2 Å². The summed E-state index contributed by atoms with van der Waals surface area (Å²) in [7, 11) is -5.19. The van der Waals surface area contributed by atoms with Crippen LogP contribution in [-0.2, 0) is 32.7 Å². The molecule has 0 radical (unpaired) electrons. The van der Waals surface area contributed by atoms with Crippen LogP contribution in [0.3, 0.4) is 0 Å². The quantitative estimate of drug-likeness (QED) is 0.00942. The summed E-state index contributed by atoms with van der Waals surface area (Å²) in [6.07, 6.45) is 35.1. The van der Waals surface area contributed by atoms with Crippen LogP contribution in [0.2, 0.25) is 0 Å². The summed E-state index contributed by atoms with van der Waals surface area (Å²) in [6.45, 7) is 2.93. The first-order chi connectivity index (χ1) is 33.2. The number of allylic oxidation sites excluding steroid dienone is 12. The van der Waals surface area contributed by atoms with E-state index in [0.717, 1.165) is 44.9 Å². The summed E-state index contributed by atoms with van der Waals surface area (Å²) in [6, 6.07) is 0. The number of rotatable bonds is 40. The highest BCUT2D eigenvalue weighted by atomic mass is 31.2. The van der Waals surface area contributed by atoms with E-state index in [-0.39, 0.29) is 12.8 Å². The lowest BCUT2D eigenvalue weighted by molar-refractivity contribution is -0.220. The van der Waals surface area contributed by atoms with Crippen molar-refractivity contribution in [1.29, 1.82) is 0 Å². The number of aliphatic hydroxyl groups excluding tert-OH is 7. The third kappa shape index (κ3) is 33.8. The maximum absolute atomic E-state index is 12.9. The number of hydrogen-bond acceptors (Lipinski definition) is 14. The van der Waals surface area contributed by atoms with Crippen LogP contribution in [0.4, 0.5) is 0 Å². The van der Waals surface area contributed by atoms with E-state index >= 15 is 0 Å². The average Bonchev–Trinajstić information content (AvgIpc) is 3.32. The highest BCUT2D eigenvalue weighted by Crippen LogP contribution is 2.47. The predicted octanol–water partition coefficient (Wildman–Crippen LogP) is 8.56. The number of aliphatic hydroxyl groups is 7. The van der Waals surface area contributed by atoms with Gasteiger partial charge in [-0.25, -0.2) is 4.57 Å². The van der Waals surface area contributed by atoms with Crippen molar-refractivity contribution >= 4 is 19.8 Å². The molecule has 0 aromatic carbocycles. The fourth-order valence-electron chi connectivity index (χ4n) is 7.00. The van der Waals surface area contributed by atoms with Crippen LogP contribution < -0.4 is 0 Å². The summed E-state index contributed by atoms with van der Waals surface area (Å²) in [5.41, 5.74) is 0. The van der Waals surface area contributed by atoms with Crippen LogP contribution in [0.15, 0.2) is 97.2 Å². The molecule has 8 N–H and O–H groups in total. The minimum absolute atomic E-state index is 0.0956. The summed E-state index contributed by atoms with van der Waals surface area (Å²) >= 11 is 0. The third-order valence-electron chi connectivity index (χ3n) is 11.1. The number of phosphoric ester groups is 1. The molecule has 15 nitrogen and oxygen atoms in total. The Bertz CT molecular complexity index is 1600. The van der Waals surface area contributed by atoms with Crippen molar-refractivity contribution < 1.29 is 73.3 Å². The van der Waals surface area contributed by atoms with Crippen LogP contribution in [0.1, 0.15) is 155 Å². The monoisotopic (exact) mass is 995 g/mol. The molecule has 0 amide bonds. The number of phosphoric acid groups is 1. The van der Waals surface area contributed by atoms with Gasteiger partial charge in [-0.15, -0.1) is 0 Å². The number of unbranched alkanes of at least 4 members (excludes halogenated alkanes) is 13. The lowest BCUT2D eigenvalue weighted by Gasteiger charge is -2.41. The van der Waals surface area contributed by atoms with Gasteiger partial charge in [-0.1, -0.05) is 169 Å². The molecule has 0 aromatic rings. The van der Waals surface area contributed by atoms with E-state index < -0.39 is 87.9 Å². The molecule has 0 aromatic heterocycles. The van der Waals surface area contributed by atoms with Crippen LogP contribution in [0, 0.1) is 0 Å². The molecule has 394 valence electrons. The fraction of sp³-hybridized carbons (Fsp3) is 0.660. The Balaban J connectivity index is 2.53. The van der Waals surface area contributed by atoms with Gasteiger partial charge >= 0.3 is 19.8 Å². The van der Waals surface area contributed by atoms with Crippen LogP contribution >= 0.6 is 7.82 Å². The van der Waals surface area contributed by atoms with Crippen molar-refractivity contribution in [3.8, 4) is 0 Å². The van der Waals surface area contributed by atoms with E-state index in [4.69, 9.17) is 18.5 Å².